The van der Waals surface area contributed by atoms with E-state index in [0.717, 1.165) is 0 Å². The Kier molecular flexibility index (Phi) is 5.37. The number of carbonyl (C=O) groups is 1. The molecule has 1 aliphatic rings. The molecule has 0 aromatic heterocycles. The van der Waals surface area contributed by atoms with E-state index in [2.05, 4.69) is 0 Å². The summed E-state index contributed by atoms with van der Waals surface area (Å²) in [5.41, 5.74) is -0.773. The molecule has 0 radical (unpaired) electrons. The molecule has 1 atom stereocenters. The number of carbonyl (C=O) groups excluding carboxylic acids is 1. The molecule has 1 fully saturated rings. The van der Waals surface area contributed by atoms with Gasteiger partial charge in [0.1, 0.15) is 18.1 Å². The molecule has 1 amide bonds. The average Bonchev–Trinajstić information content (AvgIpc) is 2.78. The number of benzene rings is 1. The van der Waals surface area contributed by atoms with Gasteiger partial charge >= 0.3 is 0 Å². The Morgan fingerprint density at radius 2 is 1.96 bits per heavy atom. The number of nitro groups is 1. The third-order valence-corrected chi connectivity index (χ3v) is 4.01. The lowest BCUT2D eigenvalue weighted by Gasteiger charge is -2.35. The van der Waals surface area contributed by atoms with Gasteiger partial charge in [-0.25, -0.2) is 0 Å². The second-order valence-corrected chi connectivity index (χ2v) is 7.97. The molecule has 7 heteroatoms. The van der Waals surface area contributed by atoms with Gasteiger partial charge in [-0.3, -0.25) is 14.9 Å². The van der Waals surface area contributed by atoms with Crippen LogP contribution in [0.1, 0.15) is 41.0 Å². The normalized spacial score (nSPS) is 19.7. The van der Waals surface area contributed by atoms with Crippen LogP contribution < -0.4 is 4.74 Å². The molecule has 1 saturated heterocycles. The molecule has 0 N–H and O–H groups in total. The van der Waals surface area contributed by atoms with Gasteiger partial charge in [0.15, 0.2) is 0 Å². The largest absolute Gasteiger partial charge is 0.491 e. The number of amides is 1. The fourth-order valence-electron chi connectivity index (χ4n) is 2.91. The van der Waals surface area contributed by atoms with Crippen LogP contribution in [0, 0.1) is 15.5 Å². The lowest BCUT2D eigenvalue weighted by molar-refractivity contribution is -0.384. The van der Waals surface area contributed by atoms with Gasteiger partial charge in [-0.2, -0.15) is 0 Å². The Morgan fingerprint density at radius 1 is 1.36 bits per heavy atom. The molecule has 0 saturated carbocycles. The van der Waals surface area contributed by atoms with Crippen molar-refractivity contribution in [2.45, 2.75) is 52.8 Å². The Bertz CT molecular complexity index is 634. The van der Waals surface area contributed by atoms with E-state index in [0.29, 0.717) is 18.8 Å². The Morgan fingerprint density at radius 3 is 2.48 bits per heavy atom. The number of rotatable bonds is 5. The summed E-state index contributed by atoms with van der Waals surface area (Å²) in [6, 6.07) is 5.71. The van der Waals surface area contributed by atoms with E-state index in [1.54, 1.807) is 17.0 Å². The molecule has 0 bridgehead atoms. The second kappa shape index (κ2) is 7.00. The van der Waals surface area contributed by atoms with Crippen molar-refractivity contribution in [3.63, 3.8) is 0 Å². The third-order valence-electron chi connectivity index (χ3n) is 4.01. The van der Waals surface area contributed by atoms with Gasteiger partial charge in [0.25, 0.3) is 5.69 Å². The number of nitrogens with zero attached hydrogens (tertiary/aromatic N) is 2. The minimum Gasteiger partial charge on any atom is -0.491 e. The molecule has 1 aliphatic heterocycles. The molecule has 0 aliphatic carbocycles. The lowest BCUT2D eigenvalue weighted by atomic mass is 9.91. The van der Waals surface area contributed by atoms with E-state index in [4.69, 9.17) is 9.47 Å². The standard InChI is InChI=1S/C18H26N2O5/c1-17(2,3)10-16(21)19-14(12-25-18(19,4)5)11-24-15-8-6-13(7-9-15)20(22)23/h6-9,14H,10-12H2,1-5H3/t14-/m0/s1. The predicted molar refractivity (Wildman–Crippen MR) is 93.3 cm³/mol. The molecule has 7 nitrogen and oxygen atoms in total. The Balaban J connectivity index is 2.04. The first-order valence-corrected chi connectivity index (χ1v) is 8.33. The highest BCUT2D eigenvalue weighted by molar-refractivity contribution is 5.78. The maximum atomic E-state index is 12.7. The summed E-state index contributed by atoms with van der Waals surface area (Å²) in [5, 5.41) is 10.7. The van der Waals surface area contributed by atoms with E-state index in [9.17, 15) is 14.9 Å². The molecule has 2 rings (SSSR count). The third kappa shape index (κ3) is 4.92. The number of hydrogen-bond acceptors (Lipinski definition) is 5. The molecule has 25 heavy (non-hydrogen) atoms. The minimum atomic E-state index is -0.675. The average molecular weight is 350 g/mol. The summed E-state index contributed by atoms with van der Waals surface area (Å²) in [6.07, 6.45) is 0.424. The quantitative estimate of drug-likeness (QED) is 0.600. The number of nitro benzene ring substituents is 1. The van der Waals surface area contributed by atoms with Crippen LogP contribution in [0.3, 0.4) is 0 Å². The van der Waals surface area contributed by atoms with Crippen molar-refractivity contribution in [3.05, 3.63) is 34.4 Å². The molecule has 1 aromatic rings. The summed E-state index contributed by atoms with van der Waals surface area (Å²) in [4.78, 5) is 24.7. The fourth-order valence-corrected chi connectivity index (χ4v) is 2.91. The van der Waals surface area contributed by atoms with E-state index < -0.39 is 10.6 Å². The van der Waals surface area contributed by atoms with Crippen LogP contribution in [0.4, 0.5) is 5.69 Å². The zero-order valence-electron chi connectivity index (χ0n) is 15.4. The topological polar surface area (TPSA) is 81.9 Å². The summed E-state index contributed by atoms with van der Waals surface area (Å²) >= 11 is 0. The Hall–Kier alpha value is -2.15. The van der Waals surface area contributed by atoms with Crippen LogP contribution in [0.5, 0.6) is 5.75 Å². The van der Waals surface area contributed by atoms with E-state index in [-0.39, 0.29) is 29.7 Å². The van der Waals surface area contributed by atoms with Crippen molar-refractivity contribution in [2.24, 2.45) is 5.41 Å². The van der Waals surface area contributed by atoms with E-state index in [1.165, 1.54) is 12.1 Å². The van der Waals surface area contributed by atoms with Crippen molar-refractivity contribution in [2.75, 3.05) is 13.2 Å². The fraction of sp³-hybridized carbons (Fsp3) is 0.611. The van der Waals surface area contributed by atoms with Gasteiger partial charge in [-0.1, -0.05) is 20.8 Å². The van der Waals surface area contributed by atoms with Gasteiger partial charge in [-0.05, 0) is 31.4 Å². The summed E-state index contributed by atoms with van der Waals surface area (Å²) in [5.74, 6) is 0.561. The van der Waals surface area contributed by atoms with Crippen LogP contribution in [0.15, 0.2) is 24.3 Å². The maximum absolute atomic E-state index is 12.7. The predicted octanol–water partition coefficient (Wildman–Crippen LogP) is 3.37. The SMILES string of the molecule is CC(C)(C)CC(=O)N1[C@@H](COc2ccc([N+](=O)[O-])cc2)COC1(C)C. The van der Waals surface area contributed by atoms with Crippen LogP contribution in [-0.2, 0) is 9.53 Å². The highest BCUT2D eigenvalue weighted by Crippen LogP contribution is 2.31. The van der Waals surface area contributed by atoms with Crippen LogP contribution in [-0.4, -0.2) is 40.7 Å². The molecular weight excluding hydrogens is 324 g/mol. The molecule has 1 aromatic carbocycles. The van der Waals surface area contributed by atoms with Crippen LogP contribution >= 0.6 is 0 Å². The number of non-ortho nitro benzene ring substituents is 1. The Labute approximate surface area is 148 Å². The number of ether oxygens (including phenoxy) is 2. The van der Waals surface area contributed by atoms with E-state index >= 15 is 0 Å². The van der Waals surface area contributed by atoms with E-state index in [1.807, 2.05) is 34.6 Å². The molecule has 138 valence electrons. The van der Waals surface area contributed by atoms with Crippen molar-refractivity contribution in [1.29, 1.82) is 0 Å². The number of hydrogen-bond donors (Lipinski definition) is 0. The van der Waals surface area contributed by atoms with Crippen molar-refractivity contribution >= 4 is 11.6 Å². The van der Waals surface area contributed by atoms with Crippen molar-refractivity contribution in [3.8, 4) is 5.75 Å². The summed E-state index contributed by atoms with van der Waals surface area (Å²) in [7, 11) is 0. The monoisotopic (exact) mass is 350 g/mol. The van der Waals surface area contributed by atoms with Crippen LogP contribution in [0.2, 0.25) is 0 Å². The molecule has 1 heterocycles. The first-order valence-electron chi connectivity index (χ1n) is 8.33. The van der Waals surface area contributed by atoms with Gasteiger partial charge in [0, 0.05) is 18.6 Å². The van der Waals surface area contributed by atoms with Crippen LogP contribution in [0.25, 0.3) is 0 Å². The smallest absolute Gasteiger partial charge is 0.269 e. The highest BCUT2D eigenvalue weighted by atomic mass is 16.6. The first kappa shape index (κ1) is 19.2. The molecular formula is C18H26N2O5. The zero-order valence-corrected chi connectivity index (χ0v) is 15.4. The van der Waals surface area contributed by atoms with Crippen molar-refractivity contribution in [1.82, 2.24) is 4.90 Å². The highest BCUT2D eigenvalue weighted by Gasteiger charge is 2.44. The molecule has 0 spiro atoms. The minimum absolute atomic E-state index is 0.0136. The van der Waals surface area contributed by atoms with Crippen molar-refractivity contribution < 1.29 is 19.2 Å². The van der Waals surface area contributed by atoms with Gasteiger partial charge in [0.2, 0.25) is 5.91 Å². The van der Waals surface area contributed by atoms with Gasteiger partial charge < -0.3 is 14.4 Å². The van der Waals surface area contributed by atoms with Gasteiger partial charge in [-0.15, -0.1) is 0 Å². The summed E-state index contributed by atoms with van der Waals surface area (Å²) in [6.45, 7) is 10.5. The van der Waals surface area contributed by atoms with Gasteiger partial charge in [0.05, 0.1) is 17.6 Å². The molecule has 0 unspecified atom stereocenters. The second-order valence-electron chi connectivity index (χ2n) is 7.97. The first-order chi connectivity index (χ1) is 11.5. The zero-order chi connectivity index (χ0) is 18.8. The maximum Gasteiger partial charge on any atom is 0.269 e. The lowest BCUT2D eigenvalue weighted by Crippen LogP contribution is -2.50. The summed E-state index contributed by atoms with van der Waals surface area (Å²) < 4.78 is 11.5.